The van der Waals surface area contributed by atoms with Crippen molar-refractivity contribution in [1.82, 2.24) is 0 Å². The molecule has 2 rings (SSSR count). The maximum Gasteiger partial charge on any atom is 0.416 e. The molecule has 3 N–H and O–H groups in total. The van der Waals surface area contributed by atoms with Crippen LogP contribution in [0.4, 0.5) is 28.9 Å². The minimum absolute atomic E-state index is 0.0313. The standard InChI is InChI=1S/C14H12F4N2/c15-11-4-2-1-3-9(11)8-20-13-6-5-10(7-12(13)19)14(16,17)18/h1-7,20H,8,19H2. The Hall–Kier alpha value is -2.24. The summed E-state index contributed by atoms with van der Waals surface area (Å²) < 4.78 is 50.8. The van der Waals surface area contributed by atoms with Gasteiger partial charge in [0.15, 0.2) is 0 Å². The number of nitrogens with two attached hydrogens (primary N) is 1. The van der Waals surface area contributed by atoms with Crippen LogP contribution in [0, 0.1) is 5.82 Å². The molecule has 6 heteroatoms. The van der Waals surface area contributed by atoms with Crippen molar-refractivity contribution >= 4 is 11.4 Å². The van der Waals surface area contributed by atoms with Crippen LogP contribution < -0.4 is 11.1 Å². The zero-order valence-corrected chi connectivity index (χ0v) is 10.3. The lowest BCUT2D eigenvalue weighted by atomic mass is 10.1. The van der Waals surface area contributed by atoms with Crippen LogP contribution in [0.1, 0.15) is 11.1 Å². The molecule has 0 saturated heterocycles. The smallest absolute Gasteiger partial charge is 0.397 e. The van der Waals surface area contributed by atoms with Gasteiger partial charge in [-0.2, -0.15) is 13.2 Å². The first kappa shape index (κ1) is 14.2. The first-order chi connectivity index (χ1) is 9.38. The van der Waals surface area contributed by atoms with E-state index in [1.54, 1.807) is 18.2 Å². The predicted octanol–water partition coefficient (Wildman–Crippen LogP) is 4.04. The number of nitrogen functional groups attached to an aromatic ring is 1. The number of nitrogens with one attached hydrogen (secondary N) is 1. The Bertz CT molecular complexity index is 608. The third-order valence-electron chi connectivity index (χ3n) is 2.81. The highest BCUT2D eigenvalue weighted by Crippen LogP contribution is 2.32. The van der Waals surface area contributed by atoms with Crippen LogP contribution in [-0.4, -0.2) is 0 Å². The molecule has 0 aliphatic carbocycles. The molecule has 106 valence electrons. The van der Waals surface area contributed by atoms with E-state index in [2.05, 4.69) is 5.32 Å². The van der Waals surface area contributed by atoms with Crippen molar-refractivity contribution in [2.75, 3.05) is 11.1 Å². The highest BCUT2D eigenvalue weighted by Gasteiger charge is 2.30. The number of benzene rings is 2. The fourth-order valence-electron chi connectivity index (χ4n) is 1.73. The molecule has 0 amide bonds. The van der Waals surface area contributed by atoms with Gasteiger partial charge in [-0.3, -0.25) is 0 Å². The fraction of sp³-hybridized carbons (Fsp3) is 0.143. The first-order valence-electron chi connectivity index (χ1n) is 5.82. The summed E-state index contributed by atoms with van der Waals surface area (Å²) >= 11 is 0. The highest BCUT2D eigenvalue weighted by atomic mass is 19.4. The van der Waals surface area contributed by atoms with Crippen molar-refractivity contribution in [1.29, 1.82) is 0 Å². The summed E-state index contributed by atoms with van der Waals surface area (Å²) in [5.74, 6) is -0.384. The molecule has 0 aliphatic rings. The van der Waals surface area contributed by atoms with Gasteiger partial charge in [-0.25, -0.2) is 4.39 Å². The summed E-state index contributed by atoms with van der Waals surface area (Å²) in [5, 5.41) is 2.82. The molecule has 0 fully saturated rings. The van der Waals surface area contributed by atoms with Crippen LogP contribution in [0.3, 0.4) is 0 Å². The van der Waals surface area contributed by atoms with Crippen molar-refractivity contribution in [3.05, 3.63) is 59.4 Å². The van der Waals surface area contributed by atoms with Gasteiger partial charge in [0.2, 0.25) is 0 Å². The Labute approximate surface area is 113 Å². The Morgan fingerprint density at radius 2 is 1.75 bits per heavy atom. The number of hydrogen-bond donors (Lipinski definition) is 2. The second-order valence-electron chi connectivity index (χ2n) is 4.24. The number of hydrogen-bond acceptors (Lipinski definition) is 2. The minimum Gasteiger partial charge on any atom is -0.397 e. The molecule has 20 heavy (non-hydrogen) atoms. The molecular weight excluding hydrogens is 272 g/mol. The third-order valence-corrected chi connectivity index (χ3v) is 2.81. The SMILES string of the molecule is Nc1cc(C(F)(F)F)ccc1NCc1ccccc1F. The fourth-order valence-corrected chi connectivity index (χ4v) is 1.73. The van der Waals surface area contributed by atoms with Crippen LogP contribution in [0.2, 0.25) is 0 Å². The highest BCUT2D eigenvalue weighted by molar-refractivity contribution is 5.67. The number of alkyl halides is 3. The molecular formula is C14H12F4N2. The zero-order chi connectivity index (χ0) is 14.8. The summed E-state index contributed by atoms with van der Waals surface area (Å²) in [7, 11) is 0. The molecule has 0 heterocycles. The van der Waals surface area contributed by atoms with Gasteiger partial charge < -0.3 is 11.1 Å². The summed E-state index contributed by atoms with van der Waals surface area (Å²) in [5.41, 5.74) is 5.46. The number of anilines is 2. The van der Waals surface area contributed by atoms with Crippen molar-refractivity contribution in [3.8, 4) is 0 Å². The van der Waals surface area contributed by atoms with Gasteiger partial charge in [-0.05, 0) is 24.3 Å². The van der Waals surface area contributed by atoms with Gasteiger partial charge in [0.05, 0.1) is 16.9 Å². The number of halogens is 4. The molecule has 0 saturated carbocycles. The van der Waals surface area contributed by atoms with E-state index in [9.17, 15) is 17.6 Å². The maximum atomic E-state index is 13.4. The minimum atomic E-state index is -4.43. The lowest BCUT2D eigenvalue weighted by Crippen LogP contribution is -2.08. The van der Waals surface area contributed by atoms with Crippen LogP contribution in [0.15, 0.2) is 42.5 Å². The average molecular weight is 284 g/mol. The van der Waals surface area contributed by atoms with Crippen molar-refractivity contribution < 1.29 is 17.6 Å². The monoisotopic (exact) mass is 284 g/mol. The normalized spacial score (nSPS) is 11.4. The van der Waals surface area contributed by atoms with E-state index < -0.39 is 11.7 Å². The Balaban J connectivity index is 2.13. The van der Waals surface area contributed by atoms with Crippen molar-refractivity contribution in [2.45, 2.75) is 12.7 Å². The van der Waals surface area contributed by atoms with Gasteiger partial charge >= 0.3 is 6.18 Å². The van der Waals surface area contributed by atoms with Crippen LogP contribution in [-0.2, 0) is 12.7 Å². The first-order valence-corrected chi connectivity index (χ1v) is 5.82. The van der Waals surface area contributed by atoms with Crippen LogP contribution in [0.5, 0.6) is 0 Å². The lowest BCUT2D eigenvalue weighted by Gasteiger charge is -2.13. The Morgan fingerprint density at radius 3 is 2.35 bits per heavy atom. The van der Waals surface area contributed by atoms with Gasteiger partial charge in [-0.15, -0.1) is 0 Å². The zero-order valence-electron chi connectivity index (χ0n) is 10.3. The summed E-state index contributed by atoms with van der Waals surface area (Å²) in [6.07, 6.45) is -4.43. The van der Waals surface area contributed by atoms with Gasteiger partial charge in [0.1, 0.15) is 5.82 Å². The van der Waals surface area contributed by atoms with E-state index in [0.29, 0.717) is 11.3 Å². The molecule has 0 bridgehead atoms. The molecule has 0 atom stereocenters. The van der Waals surface area contributed by atoms with Crippen LogP contribution in [0.25, 0.3) is 0 Å². The second kappa shape index (κ2) is 5.40. The second-order valence-corrected chi connectivity index (χ2v) is 4.24. The molecule has 2 nitrogen and oxygen atoms in total. The summed E-state index contributed by atoms with van der Waals surface area (Å²) in [6, 6.07) is 9.15. The molecule has 0 unspecified atom stereocenters. The number of rotatable bonds is 3. The van der Waals surface area contributed by atoms with E-state index in [1.165, 1.54) is 12.1 Å². The van der Waals surface area contributed by atoms with E-state index in [4.69, 9.17) is 5.73 Å². The van der Waals surface area contributed by atoms with Crippen molar-refractivity contribution in [2.24, 2.45) is 0 Å². The molecule has 0 aliphatic heterocycles. The Kier molecular flexibility index (Phi) is 3.83. The quantitative estimate of drug-likeness (QED) is 0.659. The van der Waals surface area contributed by atoms with Crippen molar-refractivity contribution in [3.63, 3.8) is 0 Å². The molecule has 0 spiro atoms. The Morgan fingerprint density at radius 1 is 1.05 bits per heavy atom. The maximum absolute atomic E-state index is 13.4. The largest absolute Gasteiger partial charge is 0.416 e. The summed E-state index contributed by atoms with van der Waals surface area (Å²) in [4.78, 5) is 0. The van der Waals surface area contributed by atoms with E-state index >= 15 is 0 Å². The molecule has 0 radical (unpaired) electrons. The lowest BCUT2D eigenvalue weighted by molar-refractivity contribution is -0.137. The predicted molar refractivity (Wildman–Crippen MR) is 69.6 cm³/mol. The van der Waals surface area contributed by atoms with Gasteiger partial charge in [0, 0.05) is 12.1 Å². The van der Waals surface area contributed by atoms with E-state index in [0.717, 1.165) is 12.1 Å². The third kappa shape index (κ3) is 3.20. The molecule has 0 aromatic heterocycles. The van der Waals surface area contributed by atoms with Crippen LogP contribution >= 0.6 is 0 Å². The topological polar surface area (TPSA) is 38.0 Å². The summed E-state index contributed by atoms with van der Waals surface area (Å²) in [6.45, 7) is 0.141. The van der Waals surface area contributed by atoms with Gasteiger partial charge in [0.25, 0.3) is 0 Å². The van der Waals surface area contributed by atoms with E-state index in [-0.39, 0.29) is 18.0 Å². The molecule has 2 aromatic rings. The molecule has 2 aromatic carbocycles. The van der Waals surface area contributed by atoms with E-state index in [1.807, 2.05) is 0 Å². The van der Waals surface area contributed by atoms with Gasteiger partial charge in [-0.1, -0.05) is 18.2 Å². The average Bonchev–Trinajstić information content (AvgIpc) is 2.38.